The van der Waals surface area contributed by atoms with Gasteiger partial charge in [-0.3, -0.25) is 20.4 Å². The largest absolute Gasteiger partial charge is 0.497 e. The number of aromatic nitrogens is 1. The second-order valence-corrected chi connectivity index (χ2v) is 6.96. The number of rotatable bonds is 7. The zero-order chi connectivity index (χ0) is 21.5. The van der Waals surface area contributed by atoms with Crippen LogP contribution in [-0.4, -0.2) is 38.1 Å². The molecule has 0 saturated carbocycles. The first-order chi connectivity index (χ1) is 14.5. The van der Waals surface area contributed by atoms with E-state index in [-0.39, 0.29) is 18.0 Å². The lowest BCUT2D eigenvalue weighted by Crippen LogP contribution is -2.42. The summed E-state index contributed by atoms with van der Waals surface area (Å²) in [6.07, 6.45) is 0.119. The zero-order valence-corrected chi connectivity index (χ0v) is 17.5. The van der Waals surface area contributed by atoms with Crippen LogP contribution in [0.3, 0.4) is 0 Å². The Morgan fingerprint density at radius 2 is 1.73 bits per heavy atom. The summed E-state index contributed by atoms with van der Waals surface area (Å²) in [5, 5.41) is 2.21. The molecule has 0 radical (unpaired) electrons. The summed E-state index contributed by atoms with van der Waals surface area (Å²) < 4.78 is 15.8. The van der Waals surface area contributed by atoms with Gasteiger partial charge in [-0.15, -0.1) is 11.3 Å². The fraction of sp³-hybridized carbons (Fsp3) is 0.190. The molecule has 3 aromatic rings. The second kappa shape index (κ2) is 9.75. The second-order valence-electron chi connectivity index (χ2n) is 6.11. The van der Waals surface area contributed by atoms with Crippen LogP contribution in [0.5, 0.6) is 17.2 Å². The molecule has 0 aliphatic rings. The van der Waals surface area contributed by atoms with Crippen LogP contribution in [0.25, 0.3) is 10.6 Å². The Morgan fingerprint density at radius 3 is 2.40 bits per heavy atom. The number of nitrogens with zero attached hydrogens (tertiary/aromatic N) is 1. The highest BCUT2D eigenvalue weighted by Gasteiger charge is 2.17. The van der Waals surface area contributed by atoms with Crippen LogP contribution >= 0.6 is 11.3 Å². The van der Waals surface area contributed by atoms with Gasteiger partial charge in [0.2, 0.25) is 5.91 Å². The SMILES string of the molecule is COc1ccc(CC(=O)NNC(=O)c2csc(-c3cccc(OC)c3OC)n2)cc1. The summed E-state index contributed by atoms with van der Waals surface area (Å²) in [5.41, 5.74) is 6.47. The molecule has 1 aromatic heterocycles. The predicted molar refractivity (Wildman–Crippen MR) is 113 cm³/mol. The number of benzene rings is 2. The normalized spacial score (nSPS) is 10.2. The Hall–Kier alpha value is -3.59. The number of thiazole rings is 1. The minimum atomic E-state index is -0.512. The molecule has 2 N–H and O–H groups in total. The van der Waals surface area contributed by atoms with Gasteiger partial charge < -0.3 is 14.2 Å². The van der Waals surface area contributed by atoms with Crippen molar-refractivity contribution in [2.75, 3.05) is 21.3 Å². The van der Waals surface area contributed by atoms with Gasteiger partial charge in [-0.05, 0) is 29.8 Å². The van der Waals surface area contributed by atoms with Crippen molar-refractivity contribution in [2.24, 2.45) is 0 Å². The molecule has 156 valence electrons. The maximum Gasteiger partial charge on any atom is 0.289 e. The van der Waals surface area contributed by atoms with E-state index in [0.717, 1.165) is 5.56 Å². The van der Waals surface area contributed by atoms with E-state index in [0.29, 0.717) is 27.8 Å². The third kappa shape index (κ3) is 4.87. The van der Waals surface area contributed by atoms with Gasteiger partial charge in [0, 0.05) is 5.38 Å². The molecule has 8 nitrogen and oxygen atoms in total. The van der Waals surface area contributed by atoms with Crippen molar-refractivity contribution in [3.05, 3.63) is 59.1 Å². The number of carbonyl (C=O) groups is 2. The third-order valence-electron chi connectivity index (χ3n) is 4.21. The average molecular weight is 427 g/mol. The standard InChI is InChI=1S/C21H21N3O5S/c1-27-14-9-7-13(8-10-14)11-18(25)23-24-20(26)16-12-30-21(22-16)15-5-4-6-17(28-2)19(15)29-3/h4-10,12H,11H2,1-3H3,(H,23,25)(H,24,26). The molecule has 0 bridgehead atoms. The number of ether oxygens (including phenoxy) is 3. The number of carbonyl (C=O) groups excluding carboxylic acids is 2. The fourth-order valence-corrected chi connectivity index (χ4v) is 3.54. The van der Waals surface area contributed by atoms with E-state index in [4.69, 9.17) is 14.2 Å². The molecule has 2 amide bonds. The molecule has 2 aromatic carbocycles. The molecular formula is C21H21N3O5S. The summed E-state index contributed by atoms with van der Waals surface area (Å²) in [7, 11) is 4.67. The quantitative estimate of drug-likeness (QED) is 0.563. The van der Waals surface area contributed by atoms with Gasteiger partial charge in [-0.2, -0.15) is 0 Å². The van der Waals surface area contributed by atoms with Crippen molar-refractivity contribution >= 4 is 23.2 Å². The zero-order valence-electron chi connectivity index (χ0n) is 16.7. The number of hydrogen-bond acceptors (Lipinski definition) is 7. The van der Waals surface area contributed by atoms with E-state index in [1.54, 1.807) is 57.0 Å². The molecule has 0 atom stereocenters. The van der Waals surface area contributed by atoms with Gasteiger partial charge >= 0.3 is 0 Å². The number of hydrazine groups is 1. The van der Waals surface area contributed by atoms with Gasteiger partial charge in [0.1, 0.15) is 16.5 Å². The number of hydrogen-bond donors (Lipinski definition) is 2. The molecule has 1 heterocycles. The molecule has 0 aliphatic heterocycles. The fourth-order valence-electron chi connectivity index (χ4n) is 2.72. The summed E-state index contributed by atoms with van der Waals surface area (Å²) >= 11 is 1.29. The Balaban J connectivity index is 1.62. The maximum atomic E-state index is 12.4. The van der Waals surface area contributed by atoms with E-state index in [2.05, 4.69) is 15.8 Å². The van der Waals surface area contributed by atoms with Crippen LogP contribution in [0.15, 0.2) is 47.8 Å². The molecule has 0 aliphatic carbocycles. The first-order valence-electron chi connectivity index (χ1n) is 8.94. The average Bonchev–Trinajstić information content (AvgIpc) is 3.27. The van der Waals surface area contributed by atoms with Crippen molar-refractivity contribution in [1.29, 1.82) is 0 Å². The number of amides is 2. The van der Waals surface area contributed by atoms with E-state index < -0.39 is 5.91 Å². The Bertz CT molecular complexity index is 1030. The van der Waals surface area contributed by atoms with Crippen LogP contribution in [0, 0.1) is 0 Å². The highest BCUT2D eigenvalue weighted by atomic mass is 32.1. The van der Waals surface area contributed by atoms with Crippen molar-refractivity contribution in [3.8, 4) is 27.8 Å². The highest BCUT2D eigenvalue weighted by molar-refractivity contribution is 7.13. The molecule has 0 fully saturated rings. The lowest BCUT2D eigenvalue weighted by Gasteiger charge is -2.10. The van der Waals surface area contributed by atoms with Gasteiger partial charge in [-0.25, -0.2) is 4.98 Å². The predicted octanol–water partition coefficient (Wildman–Crippen LogP) is 2.84. The lowest BCUT2D eigenvalue weighted by atomic mass is 10.1. The minimum absolute atomic E-state index is 0.119. The Morgan fingerprint density at radius 1 is 0.967 bits per heavy atom. The smallest absolute Gasteiger partial charge is 0.289 e. The van der Waals surface area contributed by atoms with Gasteiger partial charge in [0.25, 0.3) is 5.91 Å². The van der Waals surface area contributed by atoms with E-state index in [9.17, 15) is 9.59 Å². The van der Waals surface area contributed by atoms with E-state index in [1.807, 2.05) is 12.1 Å². The molecule has 9 heteroatoms. The molecular weight excluding hydrogens is 406 g/mol. The Labute approximate surface area is 177 Å². The summed E-state index contributed by atoms with van der Waals surface area (Å²) in [6.45, 7) is 0. The first kappa shape index (κ1) is 21.1. The van der Waals surface area contributed by atoms with Crippen molar-refractivity contribution < 1.29 is 23.8 Å². The van der Waals surface area contributed by atoms with Crippen molar-refractivity contribution in [1.82, 2.24) is 15.8 Å². The van der Waals surface area contributed by atoms with Gasteiger partial charge in [0.15, 0.2) is 11.5 Å². The molecule has 0 unspecified atom stereocenters. The minimum Gasteiger partial charge on any atom is -0.497 e. The highest BCUT2D eigenvalue weighted by Crippen LogP contribution is 2.38. The van der Waals surface area contributed by atoms with E-state index in [1.165, 1.54) is 11.3 Å². The Kier molecular flexibility index (Phi) is 6.87. The third-order valence-corrected chi connectivity index (χ3v) is 5.08. The monoisotopic (exact) mass is 427 g/mol. The van der Waals surface area contributed by atoms with Crippen molar-refractivity contribution in [2.45, 2.75) is 6.42 Å². The molecule has 0 saturated heterocycles. The van der Waals surface area contributed by atoms with Crippen LogP contribution < -0.4 is 25.1 Å². The summed E-state index contributed by atoms with van der Waals surface area (Å²) in [5.74, 6) is 0.955. The maximum absolute atomic E-state index is 12.4. The van der Waals surface area contributed by atoms with Crippen LogP contribution in [0.1, 0.15) is 16.1 Å². The molecule has 30 heavy (non-hydrogen) atoms. The first-order valence-corrected chi connectivity index (χ1v) is 9.82. The summed E-state index contributed by atoms with van der Waals surface area (Å²) in [6, 6.07) is 12.5. The van der Waals surface area contributed by atoms with Gasteiger partial charge in [0.05, 0.1) is 33.3 Å². The van der Waals surface area contributed by atoms with Crippen molar-refractivity contribution in [3.63, 3.8) is 0 Å². The van der Waals surface area contributed by atoms with Crippen LogP contribution in [0.2, 0.25) is 0 Å². The van der Waals surface area contributed by atoms with E-state index >= 15 is 0 Å². The number of nitrogens with one attached hydrogen (secondary N) is 2. The number of methoxy groups -OCH3 is 3. The molecule has 0 spiro atoms. The molecule has 3 rings (SSSR count). The van der Waals surface area contributed by atoms with Crippen LogP contribution in [0.4, 0.5) is 0 Å². The van der Waals surface area contributed by atoms with Gasteiger partial charge in [-0.1, -0.05) is 18.2 Å². The van der Waals surface area contributed by atoms with Crippen LogP contribution in [-0.2, 0) is 11.2 Å². The number of para-hydroxylation sites is 1. The topological polar surface area (TPSA) is 98.8 Å². The summed E-state index contributed by atoms with van der Waals surface area (Å²) in [4.78, 5) is 28.8. The lowest BCUT2D eigenvalue weighted by molar-refractivity contribution is -0.121.